The van der Waals surface area contributed by atoms with Crippen LogP contribution in [0.5, 0.6) is 0 Å². The lowest BCUT2D eigenvalue weighted by Gasteiger charge is -2.22. The number of nitrogens with zero attached hydrogens (tertiary/aromatic N) is 3. The van der Waals surface area contributed by atoms with E-state index < -0.39 is 15.7 Å². The second kappa shape index (κ2) is 5.93. The fourth-order valence-corrected chi connectivity index (χ4v) is 4.27. The van der Waals surface area contributed by atoms with Gasteiger partial charge in [0, 0.05) is 24.4 Å². The summed E-state index contributed by atoms with van der Waals surface area (Å²) in [5, 5.41) is 0. The van der Waals surface area contributed by atoms with E-state index in [1.165, 1.54) is 8.61 Å². The second-order valence-corrected chi connectivity index (χ2v) is 8.20. The van der Waals surface area contributed by atoms with Crippen LogP contribution in [0.25, 0.3) is 0 Å². The lowest BCUT2D eigenvalue weighted by atomic mass is 10.1. The molecule has 1 fully saturated rings. The Kier molecular flexibility index (Phi) is 4.08. The van der Waals surface area contributed by atoms with E-state index in [0.717, 1.165) is 11.1 Å². The first-order chi connectivity index (χ1) is 11.3. The van der Waals surface area contributed by atoms with Crippen molar-refractivity contribution in [2.45, 2.75) is 19.4 Å². The van der Waals surface area contributed by atoms with Gasteiger partial charge in [0.15, 0.2) is 0 Å². The molecule has 0 unspecified atom stereocenters. The zero-order chi connectivity index (χ0) is 17.4. The molecule has 5 nitrogen and oxygen atoms in total. The molecule has 0 aliphatic carbocycles. The zero-order valence-corrected chi connectivity index (χ0v) is 14.7. The predicted molar refractivity (Wildman–Crippen MR) is 94.8 cm³/mol. The van der Waals surface area contributed by atoms with E-state index in [1.54, 1.807) is 25.4 Å². The van der Waals surface area contributed by atoms with E-state index in [9.17, 15) is 8.42 Å². The Morgan fingerprint density at radius 1 is 1.04 bits per heavy atom. The molecule has 2 aromatic rings. The smallest absolute Gasteiger partial charge is 0.239 e. The van der Waals surface area contributed by atoms with Crippen molar-refractivity contribution in [3.63, 3.8) is 0 Å². The Labute approximate surface area is 143 Å². The first kappa shape index (κ1) is 16.5. The van der Waals surface area contributed by atoms with Crippen LogP contribution in [0.15, 0.2) is 48.7 Å². The van der Waals surface area contributed by atoms with Gasteiger partial charge in [0.25, 0.3) is 0 Å². The molecule has 0 saturated carbocycles. The van der Waals surface area contributed by atoms with Gasteiger partial charge in [0.1, 0.15) is 5.82 Å². The molecule has 24 heavy (non-hydrogen) atoms. The van der Waals surface area contributed by atoms with E-state index in [2.05, 4.69) is 16.8 Å². The molecular formula is C18H19N3O2S. The number of aromatic nitrogens is 1. The van der Waals surface area contributed by atoms with Gasteiger partial charge in [-0.05, 0) is 38.1 Å². The van der Waals surface area contributed by atoms with Crippen molar-refractivity contribution in [3.8, 4) is 11.8 Å². The largest absolute Gasteiger partial charge is 0.305 e. The van der Waals surface area contributed by atoms with Crippen LogP contribution in [-0.4, -0.2) is 36.8 Å². The number of pyridine rings is 1. The molecule has 6 heteroatoms. The van der Waals surface area contributed by atoms with Crippen LogP contribution in [0, 0.1) is 11.8 Å². The molecule has 0 amide bonds. The van der Waals surface area contributed by atoms with Crippen molar-refractivity contribution < 1.29 is 8.42 Å². The third-order valence-corrected chi connectivity index (χ3v) is 6.20. The first-order valence-corrected chi connectivity index (χ1v) is 9.00. The number of anilines is 1. The van der Waals surface area contributed by atoms with Crippen molar-refractivity contribution in [2.24, 2.45) is 0 Å². The van der Waals surface area contributed by atoms with Gasteiger partial charge in [0.05, 0.1) is 12.1 Å². The number of likely N-dealkylation sites (N-methyl/N-ethyl adjacent to an activating group) is 1. The normalized spacial score (nSPS) is 18.9. The molecule has 1 saturated heterocycles. The van der Waals surface area contributed by atoms with Crippen molar-refractivity contribution in [1.82, 2.24) is 9.29 Å². The number of rotatable bonds is 1. The van der Waals surface area contributed by atoms with E-state index in [1.807, 2.05) is 44.2 Å². The molecule has 1 aromatic heterocycles. The maximum atomic E-state index is 12.5. The molecule has 1 aliphatic heterocycles. The average Bonchev–Trinajstić information content (AvgIpc) is 2.74. The molecule has 2 heterocycles. The van der Waals surface area contributed by atoms with Gasteiger partial charge in [-0.25, -0.2) is 9.29 Å². The fourth-order valence-electron chi connectivity index (χ4n) is 2.47. The van der Waals surface area contributed by atoms with Crippen LogP contribution in [0.3, 0.4) is 0 Å². The Morgan fingerprint density at radius 2 is 1.71 bits per heavy atom. The van der Waals surface area contributed by atoms with Gasteiger partial charge in [-0.3, -0.25) is 0 Å². The van der Waals surface area contributed by atoms with Crippen LogP contribution < -0.4 is 4.31 Å². The summed E-state index contributed by atoms with van der Waals surface area (Å²) in [5.74, 6) is 6.50. The SMILES string of the molecule is CN1C(C)(C)CN(c2ccc(C#Cc3ccccc3)cn2)S1(=O)=O. The number of hydrogen-bond acceptors (Lipinski definition) is 3. The molecule has 3 rings (SSSR count). The van der Waals surface area contributed by atoms with Gasteiger partial charge in [0.2, 0.25) is 0 Å². The summed E-state index contributed by atoms with van der Waals surface area (Å²) in [6.45, 7) is 4.16. The topological polar surface area (TPSA) is 53.5 Å². The Hall–Kier alpha value is -2.36. The predicted octanol–water partition coefficient (Wildman–Crippen LogP) is 2.26. The molecule has 0 atom stereocenters. The maximum absolute atomic E-state index is 12.5. The summed E-state index contributed by atoms with van der Waals surface area (Å²) in [4.78, 5) is 4.29. The summed E-state index contributed by atoms with van der Waals surface area (Å²) in [6, 6.07) is 13.2. The monoisotopic (exact) mass is 341 g/mol. The minimum absolute atomic E-state index is 0.369. The molecule has 124 valence electrons. The number of hydrogen-bond donors (Lipinski definition) is 0. The van der Waals surface area contributed by atoms with Crippen molar-refractivity contribution in [1.29, 1.82) is 0 Å². The van der Waals surface area contributed by atoms with Crippen molar-refractivity contribution in [3.05, 3.63) is 59.8 Å². The molecule has 0 bridgehead atoms. The van der Waals surface area contributed by atoms with E-state index in [-0.39, 0.29) is 0 Å². The molecule has 1 aliphatic rings. The summed E-state index contributed by atoms with van der Waals surface area (Å²) >= 11 is 0. The Bertz CT molecular complexity index is 895. The minimum atomic E-state index is -3.53. The summed E-state index contributed by atoms with van der Waals surface area (Å²) < 4.78 is 27.7. The van der Waals surface area contributed by atoms with Gasteiger partial charge in [-0.15, -0.1) is 0 Å². The zero-order valence-electron chi connectivity index (χ0n) is 13.9. The highest BCUT2D eigenvalue weighted by molar-refractivity contribution is 7.90. The van der Waals surface area contributed by atoms with Gasteiger partial charge >= 0.3 is 10.2 Å². The highest BCUT2D eigenvalue weighted by atomic mass is 32.2. The van der Waals surface area contributed by atoms with E-state index in [0.29, 0.717) is 12.4 Å². The Balaban J connectivity index is 1.85. The van der Waals surface area contributed by atoms with Crippen LogP contribution in [0.2, 0.25) is 0 Å². The van der Waals surface area contributed by atoms with Gasteiger partial charge in [-0.2, -0.15) is 12.7 Å². The number of benzene rings is 1. The Morgan fingerprint density at radius 3 is 2.25 bits per heavy atom. The standard InChI is InChI=1S/C18H19N3O2S/c1-18(2)14-21(24(22,23)20(18)3)17-12-11-16(13-19-17)10-9-15-7-5-4-6-8-15/h4-8,11-13H,14H2,1-3H3. The highest BCUT2D eigenvalue weighted by Crippen LogP contribution is 2.32. The molecule has 0 N–H and O–H groups in total. The molecule has 0 spiro atoms. The van der Waals surface area contributed by atoms with Crippen molar-refractivity contribution >= 4 is 16.0 Å². The summed E-state index contributed by atoms with van der Waals surface area (Å²) in [5.41, 5.74) is 1.20. The lowest BCUT2D eigenvalue weighted by molar-refractivity contribution is 0.307. The van der Waals surface area contributed by atoms with Crippen molar-refractivity contribution in [2.75, 3.05) is 17.9 Å². The van der Waals surface area contributed by atoms with Crippen LogP contribution in [-0.2, 0) is 10.2 Å². The summed E-state index contributed by atoms with van der Waals surface area (Å²) in [6.07, 6.45) is 1.60. The lowest BCUT2D eigenvalue weighted by Crippen LogP contribution is -2.38. The van der Waals surface area contributed by atoms with Crippen LogP contribution in [0.4, 0.5) is 5.82 Å². The van der Waals surface area contributed by atoms with Gasteiger partial charge in [-0.1, -0.05) is 30.0 Å². The fraction of sp³-hybridized carbons (Fsp3) is 0.278. The van der Waals surface area contributed by atoms with Crippen LogP contribution in [0.1, 0.15) is 25.0 Å². The quantitative estimate of drug-likeness (QED) is 0.748. The first-order valence-electron chi connectivity index (χ1n) is 7.60. The van der Waals surface area contributed by atoms with E-state index >= 15 is 0 Å². The third-order valence-electron chi connectivity index (χ3n) is 4.14. The van der Waals surface area contributed by atoms with Crippen LogP contribution >= 0.6 is 0 Å². The second-order valence-electron chi connectivity index (χ2n) is 6.32. The maximum Gasteiger partial charge on any atom is 0.305 e. The third kappa shape index (κ3) is 3.01. The minimum Gasteiger partial charge on any atom is -0.239 e. The van der Waals surface area contributed by atoms with E-state index in [4.69, 9.17) is 0 Å². The molecule has 0 radical (unpaired) electrons. The summed E-state index contributed by atoms with van der Waals surface area (Å²) in [7, 11) is -1.93. The average molecular weight is 341 g/mol. The molecular weight excluding hydrogens is 322 g/mol. The van der Waals surface area contributed by atoms with Gasteiger partial charge < -0.3 is 0 Å². The highest BCUT2D eigenvalue weighted by Gasteiger charge is 2.47. The molecule has 1 aromatic carbocycles.